The summed E-state index contributed by atoms with van der Waals surface area (Å²) >= 11 is 1.78. The molecule has 0 unspecified atom stereocenters. The van der Waals surface area contributed by atoms with E-state index in [1.54, 1.807) is 11.3 Å². The van der Waals surface area contributed by atoms with E-state index in [2.05, 4.69) is 58.8 Å². The normalized spacial score (nSPS) is 11.4. The second-order valence-electron chi connectivity index (χ2n) is 5.22. The van der Waals surface area contributed by atoms with Crippen molar-refractivity contribution in [2.45, 2.75) is 33.9 Å². The molecule has 21 heavy (non-hydrogen) atoms. The Morgan fingerprint density at radius 3 is 2.71 bits per heavy atom. The molecule has 0 atom stereocenters. The first-order chi connectivity index (χ1) is 10.1. The standard InChI is InChI=1S/C16H20N4S/c1-11-16(21-13(3)18-11)10-17-8-9-20-12(2)19-14-6-4-5-7-15(14)20/h4-7,17H,8-10H2,1-3H3. The number of benzene rings is 1. The molecule has 5 heteroatoms. The fourth-order valence-electron chi connectivity index (χ4n) is 2.61. The zero-order valence-electron chi connectivity index (χ0n) is 12.7. The Balaban J connectivity index is 1.62. The van der Waals surface area contributed by atoms with Crippen LogP contribution in [0.2, 0.25) is 0 Å². The first-order valence-corrected chi connectivity index (χ1v) is 8.02. The highest BCUT2D eigenvalue weighted by molar-refractivity contribution is 7.11. The Bertz CT molecular complexity index is 757. The predicted octanol–water partition coefficient (Wildman–Crippen LogP) is 3.21. The number of nitrogens with zero attached hydrogens (tertiary/aromatic N) is 3. The van der Waals surface area contributed by atoms with Gasteiger partial charge in [-0.25, -0.2) is 9.97 Å². The van der Waals surface area contributed by atoms with Gasteiger partial charge in [-0.2, -0.15) is 0 Å². The molecule has 3 aromatic rings. The number of rotatable bonds is 5. The third-order valence-corrected chi connectivity index (χ3v) is 4.72. The lowest BCUT2D eigenvalue weighted by atomic mass is 10.3. The van der Waals surface area contributed by atoms with Crippen molar-refractivity contribution >= 4 is 22.4 Å². The van der Waals surface area contributed by atoms with Crippen LogP contribution in [0.3, 0.4) is 0 Å². The number of para-hydroxylation sites is 2. The number of aryl methyl sites for hydroxylation is 3. The fourth-order valence-corrected chi connectivity index (χ4v) is 3.52. The van der Waals surface area contributed by atoms with Crippen LogP contribution in [0.25, 0.3) is 11.0 Å². The maximum absolute atomic E-state index is 4.59. The summed E-state index contributed by atoms with van der Waals surface area (Å²) in [5, 5.41) is 4.65. The van der Waals surface area contributed by atoms with Crippen molar-refractivity contribution in [2.24, 2.45) is 0 Å². The van der Waals surface area contributed by atoms with Crippen molar-refractivity contribution in [3.8, 4) is 0 Å². The zero-order chi connectivity index (χ0) is 14.8. The molecule has 0 aliphatic rings. The summed E-state index contributed by atoms with van der Waals surface area (Å²) < 4.78 is 2.27. The molecule has 110 valence electrons. The Morgan fingerprint density at radius 1 is 1.14 bits per heavy atom. The van der Waals surface area contributed by atoms with E-state index >= 15 is 0 Å². The molecule has 3 rings (SSSR count). The van der Waals surface area contributed by atoms with Crippen LogP contribution >= 0.6 is 11.3 Å². The van der Waals surface area contributed by atoms with Crippen molar-refractivity contribution < 1.29 is 0 Å². The van der Waals surface area contributed by atoms with Crippen molar-refractivity contribution in [3.63, 3.8) is 0 Å². The molecule has 0 spiro atoms. The average Bonchev–Trinajstić information content (AvgIpc) is 2.94. The summed E-state index contributed by atoms with van der Waals surface area (Å²) in [6.07, 6.45) is 0. The molecule has 4 nitrogen and oxygen atoms in total. The molecular weight excluding hydrogens is 280 g/mol. The minimum absolute atomic E-state index is 0.892. The molecule has 0 radical (unpaired) electrons. The van der Waals surface area contributed by atoms with Crippen LogP contribution in [0, 0.1) is 20.8 Å². The number of fused-ring (bicyclic) bond motifs is 1. The van der Waals surface area contributed by atoms with E-state index in [1.807, 2.05) is 6.07 Å². The number of hydrogen-bond donors (Lipinski definition) is 1. The average molecular weight is 300 g/mol. The van der Waals surface area contributed by atoms with Crippen LogP contribution in [-0.4, -0.2) is 21.1 Å². The van der Waals surface area contributed by atoms with Gasteiger partial charge in [-0.3, -0.25) is 0 Å². The lowest BCUT2D eigenvalue weighted by Crippen LogP contribution is -2.20. The molecular formula is C16H20N4S. The summed E-state index contributed by atoms with van der Waals surface area (Å²) in [6, 6.07) is 8.30. The Hall–Kier alpha value is -1.72. The van der Waals surface area contributed by atoms with Gasteiger partial charge in [0.15, 0.2) is 0 Å². The van der Waals surface area contributed by atoms with Gasteiger partial charge in [-0.05, 0) is 32.9 Å². The molecule has 1 aromatic carbocycles. The van der Waals surface area contributed by atoms with E-state index < -0.39 is 0 Å². The van der Waals surface area contributed by atoms with Gasteiger partial charge in [-0.15, -0.1) is 11.3 Å². The number of hydrogen-bond acceptors (Lipinski definition) is 4. The van der Waals surface area contributed by atoms with E-state index in [0.29, 0.717) is 0 Å². The molecule has 0 saturated carbocycles. The number of imidazole rings is 1. The van der Waals surface area contributed by atoms with Gasteiger partial charge in [0.1, 0.15) is 5.82 Å². The summed E-state index contributed by atoms with van der Waals surface area (Å²) in [6.45, 7) is 8.96. The molecule has 2 heterocycles. The highest BCUT2D eigenvalue weighted by atomic mass is 32.1. The quantitative estimate of drug-likeness (QED) is 0.736. The summed E-state index contributed by atoms with van der Waals surface area (Å²) in [4.78, 5) is 10.4. The van der Waals surface area contributed by atoms with E-state index in [4.69, 9.17) is 0 Å². The minimum Gasteiger partial charge on any atom is -0.327 e. The van der Waals surface area contributed by atoms with Gasteiger partial charge in [0.05, 0.1) is 21.7 Å². The molecule has 1 N–H and O–H groups in total. The number of nitrogens with one attached hydrogen (secondary N) is 1. The largest absolute Gasteiger partial charge is 0.327 e. The third-order valence-electron chi connectivity index (χ3n) is 3.64. The maximum Gasteiger partial charge on any atom is 0.106 e. The number of aromatic nitrogens is 3. The van der Waals surface area contributed by atoms with E-state index in [0.717, 1.165) is 41.7 Å². The van der Waals surface area contributed by atoms with Gasteiger partial charge in [0.25, 0.3) is 0 Å². The van der Waals surface area contributed by atoms with Crippen LogP contribution in [0.5, 0.6) is 0 Å². The number of thiazole rings is 1. The van der Waals surface area contributed by atoms with Gasteiger partial charge in [-0.1, -0.05) is 12.1 Å². The molecule has 0 aliphatic carbocycles. The first-order valence-electron chi connectivity index (χ1n) is 7.20. The van der Waals surface area contributed by atoms with Crippen molar-refractivity contribution in [1.82, 2.24) is 19.9 Å². The van der Waals surface area contributed by atoms with Gasteiger partial charge >= 0.3 is 0 Å². The lowest BCUT2D eigenvalue weighted by molar-refractivity contribution is 0.599. The van der Waals surface area contributed by atoms with Gasteiger partial charge < -0.3 is 9.88 Å². The van der Waals surface area contributed by atoms with E-state index in [1.165, 1.54) is 10.4 Å². The van der Waals surface area contributed by atoms with Gasteiger partial charge in [0, 0.05) is 24.5 Å². The molecule has 2 aromatic heterocycles. The van der Waals surface area contributed by atoms with Crippen LogP contribution in [-0.2, 0) is 13.1 Å². The van der Waals surface area contributed by atoms with Crippen LogP contribution < -0.4 is 5.32 Å². The van der Waals surface area contributed by atoms with Crippen molar-refractivity contribution in [2.75, 3.05) is 6.54 Å². The summed E-state index contributed by atoms with van der Waals surface area (Å²) in [5.41, 5.74) is 3.43. The van der Waals surface area contributed by atoms with Crippen LogP contribution in [0.4, 0.5) is 0 Å². The highest BCUT2D eigenvalue weighted by Gasteiger charge is 2.07. The smallest absolute Gasteiger partial charge is 0.106 e. The Morgan fingerprint density at radius 2 is 1.95 bits per heavy atom. The van der Waals surface area contributed by atoms with Crippen LogP contribution in [0.15, 0.2) is 24.3 Å². The summed E-state index contributed by atoms with van der Waals surface area (Å²) in [5.74, 6) is 1.07. The molecule has 0 bridgehead atoms. The van der Waals surface area contributed by atoms with Gasteiger partial charge in [0.2, 0.25) is 0 Å². The van der Waals surface area contributed by atoms with Crippen molar-refractivity contribution in [3.05, 3.63) is 45.7 Å². The lowest BCUT2D eigenvalue weighted by Gasteiger charge is -2.08. The second kappa shape index (κ2) is 5.95. The predicted molar refractivity (Wildman–Crippen MR) is 87.8 cm³/mol. The summed E-state index contributed by atoms with van der Waals surface area (Å²) in [7, 11) is 0. The third kappa shape index (κ3) is 2.99. The second-order valence-corrected chi connectivity index (χ2v) is 6.51. The molecule has 0 aliphatic heterocycles. The zero-order valence-corrected chi connectivity index (χ0v) is 13.5. The Kier molecular flexibility index (Phi) is 4.03. The molecule has 0 amide bonds. The minimum atomic E-state index is 0.892. The molecule has 0 fully saturated rings. The topological polar surface area (TPSA) is 42.7 Å². The van der Waals surface area contributed by atoms with Crippen molar-refractivity contribution in [1.29, 1.82) is 0 Å². The first kappa shape index (κ1) is 14.2. The Labute approximate surface area is 128 Å². The van der Waals surface area contributed by atoms with E-state index in [-0.39, 0.29) is 0 Å². The maximum atomic E-state index is 4.59. The molecule has 0 saturated heterocycles. The monoisotopic (exact) mass is 300 g/mol. The fraction of sp³-hybridized carbons (Fsp3) is 0.375. The SMILES string of the molecule is Cc1nc(C)c(CNCCn2c(C)nc3ccccc32)s1. The van der Waals surface area contributed by atoms with E-state index in [9.17, 15) is 0 Å². The highest BCUT2D eigenvalue weighted by Crippen LogP contribution is 2.17. The van der Waals surface area contributed by atoms with Crippen LogP contribution in [0.1, 0.15) is 21.4 Å².